The van der Waals surface area contributed by atoms with Crippen LogP contribution in [0.15, 0.2) is 108 Å². The van der Waals surface area contributed by atoms with E-state index in [1.807, 2.05) is 42.5 Å². The van der Waals surface area contributed by atoms with Crippen LogP contribution in [0, 0.1) is 5.82 Å². The van der Waals surface area contributed by atoms with Gasteiger partial charge in [-0.2, -0.15) is 0 Å². The fourth-order valence-electron chi connectivity index (χ4n) is 4.57. The van der Waals surface area contributed by atoms with Crippen molar-refractivity contribution in [3.63, 3.8) is 0 Å². The summed E-state index contributed by atoms with van der Waals surface area (Å²) >= 11 is 0. The smallest absolute Gasteiger partial charge is 0.261 e. The van der Waals surface area contributed by atoms with Crippen LogP contribution in [0.3, 0.4) is 0 Å². The van der Waals surface area contributed by atoms with E-state index in [0.717, 1.165) is 23.3 Å². The first-order valence-corrected chi connectivity index (χ1v) is 16.0. The third-order valence-electron chi connectivity index (χ3n) is 7.01. The fourth-order valence-corrected chi connectivity index (χ4v) is 5.62. The van der Waals surface area contributed by atoms with Gasteiger partial charge in [-0.25, -0.2) is 12.8 Å². The van der Waals surface area contributed by atoms with Crippen LogP contribution in [0.4, 0.5) is 10.1 Å². The lowest BCUT2D eigenvalue weighted by Crippen LogP contribution is -2.51. The topological polar surface area (TPSA) is 134 Å². The van der Waals surface area contributed by atoms with Crippen molar-refractivity contribution in [2.24, 2.45) is 0 Å². The number of methoxy groups -OCH3 is 1. The van der Waals surface area contributed by atoms with Crippen molar-refractivity contribution in [2.75, 3.05) is 31.6 Å². The largest absolute Gasteiger partial charge is 0.497 e. The molecule has 12 heteroatoms. The predicted molar refractivity (Wildman–Crippen MR) is 171 cm³/mol. The first-order chi connectivity index (χ1) is 22.2. The van der Waals surface area contributed by atoms with Crippen molar-refractivity contribution in [1.82, 2.24) is 10.2 Å². The molecule has 2 amide bonds. The number of rotatable bonds is 16. The number of nitrogens with one attached hydrogen (secondary N) is 2. The third kappa shape index (κ3) is 9.78. The number of hydrogen-bond donors (Lipinski definition) is 3. The molecule has 0 radical (unpaired) electrons. The van der Waals surface area contributed by atoms with Gasteiger partial charge in [0, 0.05) is 31.8 Å². The molecule has 0 spiro atoms. The summed E-state index contributed by atoms with van der Waals surface area (Å²) in [5.41, 5.74) is 1.82. The summed E-state index contributed by atoms with van der Waals surface area (Å²) in [5.74, 6) is -0.447. The van der Waals surface area contributed by atoms with Crippen LogP contribution >= 0.6 is 0 Å². The van der Waals surface area contributed by atoms with Crippen LogP contribution in [-0.2, 0) is 32.6 Å². The molecule has 0 aromatic heterocycles. The van der Waals surface area contributed by atoms with E-state index in [-0.39, 0.29) is 48.4 Å². The van der Waals surface area contributed by atoms with Gasteiger partial charge in [-0.3, -0.25) is 14.3 Å². The van der Waals surface area contributed by atoms with Crippen LogP contribution in [0.1, 0.15) is 17.5 Å². The monoisotopic (exact) mass is 649 g/mol. The van der Waals surface area contributed by atoms with E-state index in [0.29, 0.717) is 12.2 Å². The van der Waals surface area contributed by atoms with Gasteiger partial charge >= 0.3 is 0 Å². The van der Waals surface area contributed by atoms with Gasteiger partial charge in [0.1, 0.15) is 23.4 Å². The molecule has 1 atom stereocenters. The van der Waals surface area contributed by atoms with Gasteiger partial charge in [-0.05, 0) is 78.2 Å². The Balaban J connectivity index is 1.53. The number of hydrogen-bond acceptors (Lipinski definition) is 7. The average molecular weight is 650 g/mol. The maximum atomic E-state index is 13.8. The van der Waals surface area contributed by atoms with Crippen LogP contribution in [0.25, 0.3) is 0 Å². The molecule has 46 heavy (non-hydrogen) atoms. The minimum absolute atomic E-state index is 0.0564. The van der Waals surface area contributed by atoms with Gasteiger partial charge in [0.25, 0.3) is 15.9 Å². The Hall–Kier alpha value is -4.94. The van der Waals surface area contributed by atoms with Crippen LogP contribution in [0.2, 0.25) is 0 Å². The first-order valence-electron chi connectivity index (χ1n) is 14.5. The van der Waals surface area contributed by atoms with Gasteiger partial charge in [0.2, 0.25) is 5.91 Å². The molecule has 3 N–H and O–H groups in total. The molecule has 0 aliphatic rings. The number of carbonyl (C=O) groups is 2. The summed E-state index contributed by atoms with van der Waals surface area (Å²) in [6.07, 6.45) is 0.603. The van der Waals surface area contributed by atoms with Gasteiger partial charge in [-0.1, -0.05) is 42.5 Å². The van der Waals surface area contributed by atoms with Crippen molar-refractivity contribution in [1.29, 1.82) is 0 Å². The second kappa shape index (κ2) is 16.4. The van der Waals surface area contributed by atoms with E-state index in [9.17, 15) is 27.5 Å². The van der Waals surface area contributed by atoms with Crippen molar-refractivity contribution in [3.8, 4) is 11.5 Å². The maximum Gasteiger partial charge on any atom is 0.261 e. The van der Waals surface area contributed by atoms with Crippen molar-refractivity contribution < 1.29 is 37.0 Å². The summed E-state index contributed by atoms with van der Waals surface area (Å²) in [5, 5.41) is 12.0. The zero-order chi connectivity index (χ0) is 32.9. The van der Waals surface area contributed by atoms with Gasteiger partial charge in [0.05, 0.1) is 12.0 Å². The zero-order valence-corrected chi connectivity index (χ0v) is 26.1. The van der Waals surface area contributed by atoms with E-state index < -0.39 is 34.4 Å². The molecule has 0 heterocycles. The number of aliphatic hydroxyl groups is 1. The molecule has 4 aromatic carbocycles. The molecule has 242 valence electrons. The molecule has 0 saturated heterocycles. The third-order valence-corrected chi connectivity index (χ3v) is 8.41. The molecular formula is C34H36FN3O7S. The molecule has 0 aliphatic carbocycles. The molecule has 0 aliphatic heterocycles. The first kappa shape index (κ1) is 33.9. The number of amides is 2. The lowest BCUT2D eigenvalue weighted by atomic mass is 10.0. The number of benzene rings is 4. The average Bonchev–Trinajstić information content (AvgIpc) is 3.07. The molecule has 0 unspecified atom stereocenters. The summed E-state index contributed by atoms with van der Waals surface area (Å²) in [7, 11) is -2.41. The number of carbonyl (C=O) groups excluding carboxylic acids is 2. The Bertz CT molecular complexity index is 1670. The number of sulfonamides is 1. The number of anilines is 1. The zero-order valence-electron chi connectivity index (χ0n) is 25.3. The Morgan fingerprint density at radius 3 is 2.15 bits per heavy atom. The minimum atomic E-state index is -3.96. The Morgan fingerprint density at radius 1 is 0.870 bits per heavy atom. The quantitative estimate of drug-likeness (QED) is 0.155. The summed E-state index contributed by atoms with van der Waals surface area (Å²) in [4.78, 5) is 28.7. The van der Waals surface area contributed by atoms with Crippen molar-refractivity contribution >= 4 is 27.5 Å². The van der Waals surface area contributed by atoms with Gasteiger partial charge in [0.15, 0.2) is 6.61 Å². The van der Waals surface area contributed by atoms with Crippen molar-refractivity contribution in [2.45, 2.75) is 30.3 Å². The van der Waals surface area contributed by atoms with Crippen LogP contribution < -0.4 is 19.5 Å². The molecule has 0 saturated carbocycles. The number of halogens is 1. The molecule has 0 bridgehead atoms. The molecule has 4 rings (SSSR count). The molecule has 0 fully saturated rings. The van der Waals surface area contributed by atoms with E-state index in [2.05, 4.69) is 10.0 Å². The highest BCUT2D eigenvalue weighted by Gasteiger charge is 2.30. The summed E-state index contributed by atoms with van der Waals surface area (Å²) in [6.45, 7) is -0.171. The highest BCUT2D eigenvalue weighted by molar-refractivity contribution is 7.92. The summed E-state index contributed by atoms with van der Waals surface area (Å²) < 4.78 is 52.2. The lowest BCUT2D eigenvalue weighted by molar-refractivity contribution is -0.142. The Morgan fingerprint density at radius 2 is 1.52 bits per heavy atom. The number of ether oxygens (including phenoxy) is 2. The SMILES string of the molecule is COc1ccc(CN(C(=O)COc2ccc(S(=O)(=O)Nc3ccc(F)cc3)cc2)[C@H](Cc2ccccc2)C(=O)NCCCO)cc1. The standard InChI is InChI=1S/C34H36FN3O7S/c1-44-29-14-8-26(9-15-29)23-38(32(34(41)36-20-5-21-39)22-25-6-3-2-4-7-25)33(40)24-45-30-16-18-31(19-17-30)46(42,43)37-28-12-10-27(35)11-13-28/h2-4,6-19,32,37,39H,5,20-24H2,1H3,(H,36,41)/t32-/m1/s1. The molecule has 4 aromatic rings. The normalized spacial score (nSPS) is 11.7. The highest BCUT2D eigenvalue weighted by atomic mass is 32.2. The second-order valence-electron chi connectivity index (χ2n) is 10.3. The molecular weight excluding hydrogens is 613 g/mol. The van der Waals surface area contributed by atoms with E-state index >= 15 is 0 Å². The van der Waals surface area contributed by atoms with E-state index in [1.54, 1.807) is 19.2 Å². The second-order valence-corrected chi connectivity index (χ2v) is 12.0. The van der Waals surface area contributed by atoms with Crippen LogP contribution in [-0.4, -0.2) is 63.1 Å². The Labute approximate surface area is 267 Å². The summed E-state index contributed by atoms with van der Waals surface area (Å²) in [6, 6.07) is 26.0. The highest BCUT2D eigenvalue weighted by Crippen LogP contribution is 2.21. The minimum Gasteiger partial charge on any atom is -0.497 e. The maximum absolute atomic E-state index is 13.8. The van der Waals surface area contributed by atoms with Gasteiger partial charge in [-0.15, -0.1) is 0 Å². The van der Waals surface area contributed by atoms with Crippen LogP contribution in [0.5, 0.6) is 11.5 Å². The predicted octanol–water partition coefficient (Wildman–Crippen LogP) is 4.15. The number of nitrogens with zero attached hydrogens (tertiary/aromatic N) is 1. The fraction of sp³-hybridized carbons (Fsp3) is 0.235. The number of aliphatic hydroxyl groups excluding tert-OH is 1. The van der Waals surface area contributed by atoms with E-state index in [1.165, 1.54) is 41.3 Å². The Kier molecular flexibility index (Phi) is 12.1. The lowest BCUT2D eigenvalue weighted by Gasteiger charge is -2.31. The van der Waals surface area contributed by atoms with Crippen molar-refractivity contribution in [3.05, 3.63) is 120 Å². The molecule has 10 nitrogen and oxygen atoms in total. The van der Waals surface area contributed by atoms with E-state index in [4.69, 9.17) is 9.47 Å². The van der Waals surface area contributed by atoms with Gasteiger partial charge < -0.3 is 24.8 Å².